The second-order valence-corrected chi connectivity index (χ2v) is 14.1. The summed E-state index contributed by atoms with van der Waals surface area (Å²) < 4.78 is 9.69. The van der Waals surface area contributed by atoms with Crippen molar-refractivity contribution in [3.05, 3.63) is 72.1 Å². The Bertz CT molecular complexity index is 1540. The lowest BCUT2D eigenvalue weighted by Gasteiger charge is -2.37. The smallest absolute Gasteiger partial charge is 0.242 e. The molecule has 2 aliphatic carbocycles. The van der Waals surface area contributed by atoms with Gasteiger partial charge in [0.1, 0.15) is 18.5 Å². The fraction of sp³-hybridized carbons (Fsp3) is 0.548. The molecule has 4 bridgehead atoms. The van der Waals surface area contributed by atoms with Crippen molar-refractivity contribution in [3.8, 4) is 11.1 Å². The highest BCUT2D eigenvalue weighted by molar-refractivity contribution is 5.83. The molecule has 56 heavy (non-hydrogen) atoms. The summed E-state index contributed by atoms with van der Waals surface area (Å²) in [6.45, 7) is 5.26. The number of rotatable bonds is 14. The standard InChI is InChI=1S/C35H45N7O2.C4H8O2.CH5N.2CH4O/c1-37-30(17-38-19-32-25-12-14-28(16-25)42(32)35(43)29(36)20-44-2)23-7-3-21(4-8-23)22-5-9-24(10-6-22)31-18-39-34(41-31)33-26-11-13-27(15-26)40-33;1-6-4-2-3-5;3*1-2/h3-10,17-18,25-29,32-34,38-41H,1,11-16,19-20,36H2,2H3;3H,2,4H2,1H3;2H2,1H3;2*2H,1H3/b30-17-;;;;. The van der Waals surface area contributed by atoms with E-state index in [9.17, 15) is 9.59 Å². The monoisotopic (exact) mass is 779 g/mol. The summed E-state index contributed by atoms with van der Waals surface area (Å²) in [4.78, 5) is 28.9. The van der Waals surface area contributed by atoms with E-state index < -0.39 is 6.04 Å². The van der Waals surface area contributed by atoms with Crippen molar-refractivity contribution in [1.29, 1.82) is 0 Å². The van der Waals surface area contributed by atoms with Crippen LogP contribution < -0.4 is 32.7 Å². The molecule has 3 aliphatic heterocycles. The molecule has 2 saturated heterocycles. The Morgan fingerprint density at radius 1 is 0.964 bits per heavy atom. The van der Waals surface area contributed by atoms with Crippen LogP contribution in [0.15, 0.2) is 65.9 Å². The largest absolute Gasteiger partial charge is 0.400 e. The van der Waals surface area contributed by atoms with Crippen molar-refractivity contribution >= 4 is 30.3 Å². The predicted octanol–water partition coefficient (Wildman–Crippen LogP) is 2.27. The summed E-state index contributed by atoms with van der Waals surface area (Å²) in [7, 11) is 6.65. The highest BCUT2D eigenvalue weighted by Crippen LogP contribution is 2.42. The molecular formula is C42H66N8O6. The predicted molar refractivity (Wildman–Crippen MR) is 224 cm³/mol. The second kappa shape index (κ2) is 24.5. The first kappa shape index (κ1) is 46.2. The van der Waals surface area contributed by atoms with Gasteiger partial charge in [0, 0.05) is 77.5 Å². The number of ether oxygens (including phenoxy) is 2. The summed E-state index contributed by atoms with van der Waals surface area (Å²) in [6.07, 6.45) is 12.9. The van der Waals surface area contributed by atoms with E-state index in [0.29, 0.717) is 37.6 Å². The first-order valence-electron chi connectivity index (χ1n) is 19.5. The van der Waals surface area contributed by atoms with Gasteiger partial charge in [-0.2, -0.15) is 0 Å². The maximum Gasteiger partial charge on any atom is 0.242 e. The molecule has 2 aromatic rings. The number of nitrogens with zero attached hydrogens (tertiary/aromatic N) is 2. The van der Waals surface area contributed by atoms with Crippen LogP contribution in [0.4, 0.5) is 0 Å². The molecule has 14 nitrogen and oxygen atoms in total. The number of piperidine rings is 2. The molecule has 8 unspecified atom stereocenters. The Balaban J connectivity index is 0.000000627. The van der Waals surface area contributed by atoms with Crippen molar-refractivity contribution < 1.29 is 29.3 Å². The van der Waals surface area contributed by atoms with Gasteiger partial charge in [-0.05, 0) is 80.8 Å². The van der Waals surface area contributed by atoms with E-state index in [1.54, 1.807) is 14.2 Å². The number of benzene rings is 2. The van der Waals surface area contributed by atoms with Crippen LogP contribution in [0.5, 0.6) is 0 Å². The Labute approximate surface area is 333 Å². The summed E-state index contributed by atoms with van der Waals surface area (Å²) in [6, 6.07) is 18.2. The molecule has 3 heterocycles. The summed E-state index contributed by atoms with van der Waals surface area (Å²) in [5.41, 5.74) is 17.0. The normalized spacial score (nSPS) is 25.6. The third-order valence-electron chi connectivity index (χ3n) is 11.0. The molecule has 7 rings (SSSR count). The number of methoxy groups -OCH3 is 2. The zero-order valence-electron chi connectivity index (χ0n) is 33.8. The average Bonchev–Trinajstić information content (AvgIpc) is 4.13. The van der Waals surface area contributed by atoms with E-state index in [0.717, 1.165) is 68.2 Å². The third kappa shape index (κ3) is 11.7. The maximum absolute atomic E-state index is 13.1. The van der Waals surface area contributed by atoms with Crippen LogP contribution in [0.1, 0.15) is 56.1 Å². The van der Waals surface area contributed by atoms with Crippen molar-refractivity contribution in [3.63, 3.8) is 0 Å². The van der Waals surface area contributed by atoms with Crippen LogP contribution in [0.2, 0.25) is 0 Å². The summed E-state index contributed by atoms with van der Waals surface area (Å²) in [5.74, 6) is 1.27. The quantitative estimate of drug-likeness (QED) is 0.0790. The van der Waals surface area contributed by atoms with Crippen LogP contribution in [0.25, 0.3) is 22.5 Å². The maximum atomic E-state index is 13.1. The number of carbonyl (C=O) groups excluding carboxylic acids is 2. The first-order chi connectivity index (χ1) is 27.4. The number of nitrogens with two attached hydrogens (primary N) is 2. The van der Waals surface area contributed by atoms with Crippen molar-refractivity contribution in [2.24, 2.45) is 28.3 Å². The Morgan fingerprint density at radius 2 is 1.61 bits per heavy atom. The minimum Gasteiger partial charge on any atom is -0.400 e. The fourth-order valence-corrected chi connectivity index (χ4v) is 8.54. The number of aldehydes is 1. The van der Waals surface area contributed by atoms with Gasteiger partial charge in [0.25, 0.3) is 0 Å². The van der Waals surface area contributed by atoms with Gasteiger partial charge < -0.3 is 62.1 Å². The molecule has 4 fully saturated rings. The lowest BCUT2D eigenvalue weighted by Crippen LogP contribution is -2.55. The molecular weight excluding hydrogens is 713 g/mol. The van der Waals surface area contributed by atoms with E-state index >= 15 is 0 Å². The van der Waals surface area contributed by atoms with E-state index in [1.807, 2.05) is 11.1 Å². The number of fused-ring (bicyclic) bond motifs is 4. The van der Waals surface area contributed by atoms with E-state index in [4.69, 9.17) is 20.7 Å². The van der Waals surface area contributed by atoms with Crippen LogP contribution in [-0.2, 0) is 19.1 Å². The zero-order chi connectivity index (χ0) is 41.0. The van der Waals surface area contributed by atoms with Gasteiger partial charge in [-0.3, -0.25) is 9.79 Å². The Morgan fingerprint density at radius 3 is 2.16 bits per heavy atom. The number of carbonyl (C=O) groups is 2. The highest BCUT2D eigenvalue weighted by atomic mass is 16.5. The molecule has 2 aromatic carbocycles. The van der Waals surface area contributed by atoms with Crippen LogP contribution in [-0.4, -0.2) is 126 Å². The molecule has 0 radical (unpaired) electrons. The van der Waals surface area contributed by atoms with E-state index in [2.05, 4.69) is 98.2 Å². The number of hydrogen-bond donors (Lipinski definition) is 8. The molecule has 14 heteroatoms. The van der Waals surface area contributed by atoms with Crippen LogP contribution in [0.3, 0.4) is 0 Å². The van der Waals surface area contributed by atoms with Gasteiger partial charge in [0.05, 0.1) is 30.6 Å². The van der Waals surface area contributed by atoms with Gasteiger partial charge in [0.2, 0.25) is 5.91 Å². The minimum absolute atomic E-state index is 0.00868. The van der Waals surface area contributed by atoms with Gasteiger partial charge in [-0.1, -0.05) is 48.5 Å². The minimum atomic E-state index is -0.618. The number of amides is 1. The number of hydrogen-bond acceptors (Lipinski definition) is 13. The fourth-order valence-electron chi connectivity index (χ4n) is 8.54. The molecule has 1 amide bonds. The molecule has 310 valence electrons. The number of likely N-dealkylation sites (tertiary alicyclic amines) is 1. The van der Waals surface area contributed by atoms with Crippen molar-refractivity contribution in [1.82, 2.24) is 26.2 Å². The third-order valence-corrected chi connectivity index (χ3v) is 11.0. The molecule has 2 saturated carbocycles. The topological polar surface area (TPSA) is 209 Å². The van der Waals surface area contributed by atoms with Gasteiger partial charge in [-0.25, -0.2) is 0 Å². The molecule has 8 atom stereocenters. The zero-order valence-corrected chi connectivity index (χ0v) is 33.8. The van der Waals surface area contributed by atoms with Crippen molar-refractivity contribution in [2.75, 3.05) is 55.2 Å². The Hall–Kier alpha value is -4.15. The molecule has 0 aromatic heterocycles. The number of nitrogens with one attached hydrogen (secondary N) is 4. The van der Waals surface area contributed by atoms with Crippen molar-refractivity contribution in [2.45, 2.75) is 81.3 Å². The van der Waals surface area contributed by atoms with Crippen LogP contribution >= 0.6 is 0 Å². The second-order valence-electron chi connectivity index (χ2n) is 14.1. The highest BCUT2D eigenvalue weighted by Gasteiger charge is 2.48. The van der Waals surface area contributed by atoms with E-state index in [-0.39, 0.29) is 30.8 Å². The average molecular weight is 779 g/mol. The van der Waals surface area contributed by atoms with Crippen LogP contribution in [0, 0.1) is 11.8 Å². The molecule has 0 spiro atoms. The molecule has 10 N–H and O–H groups in total. The number of aliphatic hydroxyl groups is 2. The van der Waals surface area contributed by atoms with E-state index in [1.165, 1.54) is 37.4 Å². The lowest BCUT2D eigenvalue weighted by molar-refractivity contribution is -0.138. The first-order valence-corrected chi connectivity index (χ1v) is 19.5. The lowest BCUT2D eigenvalue weighted by atomic mass is 9.97. The SMILES string of the molecule is C=N/C(=C\NCC1C2CCC(C2)N1C(=O)C(N)COC)c1ccc(-c2ccc(C3=CNC(C4NC5CCC4C5)N3)cc2)cc1.CN.CO.CO.COCCC=O. The Kier molecular flexibility index (Phi) is 20.2. The number of aliphatic imine (C=N–C) groups is 1. The van der Waals surface area contributed by atoms with Gasteiger partial charge in [0.15, 0.2) is 0 Å². The number of aliphatic hydroxyl groups excluding tert-OH is 2. The summed E-state index contributed by atoms with van der Waals surface area (Å²) >= 11 is 0. The summed E-state index contributed by atoms with van der Waals surface area (Å²) in [5, 5.41) is 28.5. The van der Waals surface area contributed by atoms with Gasteiger partial charge in [-0.15, -0.1) is 0 Å². The molecule has 5 aliphatic rings. The van der Waals surface area contributed by atoms with Gasteiger partial charge >= 0.3 is 0 Å².